The third-order valence-corrected chi connectivity index (χ3v) is 4.81. The monoisotopic (exact) mass is 342 g/mol. The molecule has 0 radical (unpaired) electrons. The number of Topliss-reactive ketones (excluding diaryl/α,β-unsaturated/α-hetero) is 1. The van der Waals surface area contributed by atoms with Crippen LogP contribution in [0.15, 0.2) is 23.0 Å². The van der Waals surface area contributed by atoms with Crippen molar-refractivity contribution in [3.63, 3.8) is 0 Å². The van der Waals surface area contributed by atoms with Gasteiger partial charge in [0.1, 0.15) is 11.9 Å². The van der Waals surface area contributed by atoms with Gasteiger partial charge in [0, 0.05) is 30.4 Å². The zero-order valence-corrected chi connectivity index (χ0v) is 13.9. The van der Waals surface area contributed by atoms with Gasteiger partial charge in [-0.2, -0.15) is 0 Å². The van der Waals surface area contributed by atoms with Crippen molar-refractivity contribution < 1.29 is 14.3 Å². The van der Waals surface area contributed by atoms with Crippen molar-refractivity contribution in [2.24, 2.45) is 5.92 Å². The number of carbonyl (C=O) groups is 1. The molecule has 0 bridgehead atoms. The molecule has 0 aliphatic heterocycles. The predicted octanol–water partition coefficient (Wildman–Crippen LogP) is 3.78. The largest absolute Gasteiger partial charge is 0.498 e. The van der Waals surface area contributed by atoms with Crippen LogP contribution in [0, 0.1) is 5.92 Å². The Hall–Kier alpha value is -0.610. The van der Waals surface area contributed by atoms with E-state index in [9.17, 15) is 4.79 Å². The smallest absolute Gasteiger partial charge is 0.166 e. The van der Waals surface area contributed by atoms with Gasteiger partial charge in [-0.25, -0.2) is 0 Å². The first-order chi connectivity index (χ1) is 9.71. The number of hydrogen-bond acceptors (Lipinski definition) is 3. The molecule has 0 spiro atoms. The lowest BCUT2D eigenvalue weighted by molar-refractivity contribution is -0.118. The fourth-order valence-corrected chi connectivity index (χ4v) is 3.50. The van der Waals surface area contributed by atoms with E-state index in [1.807, 2.05) is 6.08 Å². The average molecular weight is 343 g/mol. The van der Waals surface area contributed by atoms with E-state index >= 15 is 0 Å². The highest BCUT2D eigenvalue weighted by Gasteiger charge is 2.36. The molecule has 2 atom stereocenters. The molecule has 0 N–H and O–H groups in total. The van der Waals surface area contributed by atoms with Crippen LogP contribution in [-0.2, 0) is 14.3 Å². The van der Waals surface area contributed by atoms with Crippen LogP contribution in [0.5, 0.6) is 0 Å². The lowest BCUT2D eigenvalue weighted by atomic mass is 9.95. The highest BCUT2D eigenvalue weighted by molar-refractivity contribution is 9.09. The number of hydrogen-bond donors (Lipinski definition) is 0. The molecule has 2 unspecified atom stereocenters. The molecular weight excluding hydrogens is 320 g/mol. The number of allylic oxidation sites excluding steroid dienone is 2. The molecule has 2 aliphatic carbocycles. The van der Waals surface area contributed by atoms with E-state index < -0.39 is 0 Å². The minimum absolute atomic E-state index is 0.0290. The molecule has 0 heterocycles. The number of ether oxygens (including phenoxy) is 2. The van der Waals surface area contributed by atoms with Crippen molar-refractivity contribution in [3.8, 4) is 0 Å². The molecule has 20 heavy (non-hydrogen) atoms. The second kappa shape index (κ2) is 7.41. The summed E-state index contributed by atoms with van der Waals surface area (Å²) in [5.74, 6) is 1.27. The van der Waals surface area contributed by atoms with Crippen molar-refractivity contribution in [2.45, 2.75) is 44.6 Å². The van der Waals surface area contributed by atoms with Gasteiger partial charge in [-0.05, 0) is 25.3 Å². The van der Waals surface area contributed by atoms with Crippen LogP contribution in [0.2, 0.25) is 0 Å². The molecule has 112 valence electrons. The summed E-state index contributed by atoms with van der Waals surface area (Å²) in [6, 6.07) is 0. The van der Waals surface area contributed by atoms with Gasteiger partial charge in [0.25, 0.3) is 0 Å². The number of rotatable bonds is 7. The third kappa shape index (κ3) is 3.34. The predicted molar refractivity (Wildman–Crippen MR) is 82.9 cm³/mol. The molecule has 2 rings (SSSR count). The summed E-state index contributed by atoms with van der Waals surface area (Å²) in [6.45, 7) is 0. The molecule has 0 saturated heterocycles. The number of halogens is 1. The van der Waals surface area contributed by atoms with Crippen molar-refractivity contribution >= 4 is 21.7 Å². The molecule has 0 saturated carbocycles. The Bertz CT molecular complexity index is 425. The molecule has 0 aromatic heterocycles. The zero-order valence-electron chi connectivity index (χ0n) is 12.3. The van der Waals surface area contributed by atoms with Gasteiger partial charge in [-0.3, -0.25) is 4.79 Å². The van der Waals surface area contributed by atoms with Crippen LogP contribution < -0.4 is 0 Å². The highest BCUT2D eigenvalue weighted by atomic mass is 79.9. The summed E-state index contributed by atoms with van der Waals surface area (Å²) in [6.07, 6.45) is 8.11. The van der Waals surface area contributed by atoms with E-state index in [4.69, 9.17) is 9.47 Å². The number of methoxy groups -OCH3 is 2. The standard InChI is InChI=1S/C16H23BrO3/c1-19-14-9-12-8-11(6-4-3-5-7-17)16(18)13(12)10-15(14)20-2/h10-11,14H,3-9H2,1-2H3. The fourth-order valence-electron chi connectivity index (χ4n) is 3.11. The summed E-state index contributed by atoms with van der Waals surface area (Å²) >= 11 is 3.44. The van der Waals surface area contributed by atoms with Crippen LogP contribution in [0.4, 0.5) is 0 Å². The molecule has 0 amide bonds. The van der Waals surface area contributed by atoms with Gasteiger partial charge in [0.05, 0.1) is 7.11 Å². The normalized spacial score (nSPS) is 25.8. The van der Waals surface area contributed by atoms with Crippen LogP contribution in [0.1, 0.15) is 38.5 Å². The Morgan fingerprint density at radius 1 is 1.25 bits per heavy atom. The summed E-state index contributed by atoms with van der Waals surface area (Å²) in [4.78, 5) is 12.5. The first-order valence-electron chi connectivity index (χ1n) is 7.31. The minimum atomic E-state index is -0.0290. The third-order valence-electron chi connectivity index (χ3n) is 4.25. The quantitative estimate of drug-likeness (QED) is 0.521. The van der Waals surface area contributed by atoms with E-state index in [0.29, 0.717) is 5.78 Å². The van der Waals surface area contributed by atoms with Gasteiger partial charge >= 0.3 is 0 Å². The van der Waals surface area contributed by atoms with Crippen LogP contribution in [0.25, 0.3) is 0 Å². The maximum atomic E-state index is 12.5. The summed E-state index contributed by atoms with van der Waals surface area (Å²) in [5, 5.41) is 1.05. The lowest BCUT2D eigenvalue weighted by Crippen LogP contribution is -2.20. The Morgan fingerprint density at radius 3 is 2.70 bits per heavy atom. The minimum Gasteiger partial charge on any atom is -0.498 e. The first-order valence-corrected chi connectivity index (χ1v) is 8.44. The summed E-state index contributed by atoms with van der Waals surface area (Å²) < 4.78 is 10.8. The Balaban J connectivity index is 1.97. The van der Waals surface area contributed by atoms with Gasteiger partial charge in [0.2, 0.25) is 0 Å². The number of alkyl halides is 1. The highest BCUT2D eigenvalue weighted by Crippen LogP contribution is 2.39. The average Bonchev–Trinajstić information content (AvgIpc) is 2.78. The Labute approximate surface area is 129 Å². The molecule has 0 fully saturated rings. The van der Waals surface area contributed by atoms with Crippen molar-refractivity contribution in [1.29, 1.82) is 0 Å². The maximum Gasteiger partial charge on any atom is 0.166 e. The van der Waals surface area contributed by atoms with E-state index in [-0.39, 0.29) is 12.0 Å². The van der Waals surface area contributed by atoms with Gasteiger partial charge in [0.15, 0.2) is 5.78 Å². The first kappa shape index (κ1) is 15.8. The topological polar surface area (TPSA) is 35.5 Å². The van der Waals surface area contributed by atoms with E-state index in [1.165, 1.54) is 18.4 Å². The SMILES string of the molecule is COC1=CC2=C(CC(CCCCCBr)C2=O)CC1OC. The Kier molecular flexibility index (Phi) is 5.85. The van der Waals surface area contributed by atoms with Gasteiger partial charge in [-0.1, -0.05) is 34.3 Å². The van der Waals surface area contributed by atoms with Crippen molar-refractivity contribution in [3.05, 3.63) is 23.0 Å². The Morgan fingerprint density at radius 2 is 2.05 bits per heavy atom. The number of unbranched alkanes of at least 4 members (excludes halogenated alkanes) is 2. The van der Waals surface area contributed by atoms with Gasteiger partial charge < -0.3 is 9.47 Å². The van der Waals surface area contributed by atoms with E-state index in [2.05, 4.69) is 15.9 Å². The second-order valence-electron chi connectivity index (χ2n) is 5.50. The molecule has 0 aromatic rings. The molecule has 2 aliphatic rings. The van der Waals surface area contributed by atoms with Crippen LogP contribution in [-0.4, -0.2) is 31.4 Å². The molecule has 0 aromatic carbocycles. The number of ketones is 1. The zero-order chi connectivity index (χ0) is 14.5. The molecule has 4 heteroatoms. The molecule has 3 nitrogen and oxygen atoms in total. The van der Waals surface area contributed by atoms with Crippen molar-refractivity contribution in [2.75, 3.05) is 19.5 Å². The van der Waals surface area contributed by atoms with Gasteiger partial charge in [-0.15, -0.1) is 0 Å². The molecular formula is C16H23BrO3. The van der Waals surface area contributed by atoms with E-state index in [1.54, 1.807) is 14.2 Å². The maximum absolute atomic E-state index is 12.5. The van der Waals surface area contributed by atoms with E-state index in [0.717, 1.165) is 42.3 Å². The van der Waals surface area contributed by atoms with Crippen LogP contribution in [0.3, 0.4) is 0 Å². The lowest BCUT2D eigenvalue weighted by Gasteiger charge is -2.22. The van der Waals surface area contributed by atoms with Crippen LogP contribution >= 0.6 is 15.9 Å². The fraction of sp³-hybridized carbons (Fsp3) is 0.688. The number of carbonyl (C=O) groups excluding carboxylic acids is 1. The summed E-state index contributed by atoms with van der Waals surface area (Å²) in [5.41, 5.74) is 2.15. The second-order valence-corrected chi connectivity index (χ2v) is 6.29. The summed E-state index contributed by atoms with van der Waals surface area (Å²) in [7, 11) is 3.33. The van der Waals surface area contributed by atoms with Crippen molar-refractivity contribution in [1.82, 2.24) is 0 Å².